The number of nitrogens with one attached hydrogen (secondary N) is 1. The molecule has 1 aromatic carbocycles. The first-order valence-corrected chi connectivity index (χ1v) is 7.49. The van der Waals surface area contributed by atoms with Gasteiger partial charge in [-0.15, -0.1) is 0 Å². The number of esters is 1. The van der Waals surface area contributed by atoms with Gasteiger partial charge in [0.1, 0.15) is 11.7 Å². The van der Waals surface area contributed by atoms with Gasteiger partial charge in [0.25, 0.3) is 0 Å². The van der Waals surface area contributed by atoms with Crippen molar-refractivity contribution in [2.75, 3.05) is 11.9 Å². The van der Waals surface area contributed by atoms with E-state index in [-0.39, 0.29) is 12.6 Å². The molecule has 0 saturated heterocycles. The van der Waals surface area contributed by atoms with Crippen molar-refractivity contribution in [3.63, 3.8) is 0 Å². The lowest BCUT2D eigenvalue weighted by Crippen LogP contribution is -2.35. The summed E-state index contributed by atoms with van der Waals surface area (Å²) in [4.78, 5) is 12.3. The molecule has 0 fully saturated rings. The number of nitrogens with zero attached hydrogens (tertiary/aromatic N) is 4. The van der Waals surface area contributed by atoms with Crippen LogP contribution in [0.1, 0.15) is 18.5 Å². The Hall–Kier alpha value is -2.62. The van der Waals surface area contributed by atoms with Gasteiger partial charge in [-0.3, -0.25) is 0 Å². The first-order valence-electron chi connectivity index (χ1n) is 7.11. The van der Waals surface area contributed by atoms with Gasteiger partial charge in [-0.25, -0.2) is 4.79 Å². The molecule has 0 bridgehead atoms. The molecule has 25 heavy (non-hydrogen) atoms. The third-order valence-corrected chi connectivity index (χ3v) is 3.73. The summed E-state index contributed by atoms with van der Waals surface area (Å²) in [6.45, 7) is 1.42. The highest BCUT2D eigenvalue weighted by molar-refractivity contribution is 6.30. The second-order valence-corrected chi connectivity index (χ2v) is 5.47. The van der Waals surface area contributed by atoms with Gasteiger partial charge in [0.15, 0.2) is 0 Å². The van der Waals surface area contributed by atoms with Crippen LogP contribution in [-0.2, 0) is 9.53 Å². The predicted octanol–water partition coefficient (Wildman–Crippen LogP) is 2.72. The number of rotatable bonds is 3. The van der Waals surface area contributed by atoms with Crippen molar-refractivity contribution in [2.45, 2.75) is 19.1 Å². The number of hydrogen-bond donors (Lipinski definition) is 1. The van der Waals surface area contributed by atoms with Crippen LogP contribution in [0.5, 0.6) is 0 Å². The van der Waals surface area contributed by atoms with Crippen molar-refractivity contribution < 1.29 is 22.7 Å². The van der Waals surface area contributed by atoms with Gasteiger partial charge in [0.2, 0.25) is 5.95 Å². The number of hydrogen-bond acceptors (Lipinski definition) is 6. The summed E-state index contributed by atoms with van der Waals surface area (Å²) in [5.74, 6) is -1.34. The van der Waals surface area contributed by atoms with Crippen LogP contribution < -0.4 is 5.32 Å². The molecular weight excluding hydrogens is 363 g/mol. The molecule has 3 rings (SSSR count). The Balaban J connectivity index is 2.24. The number of allylic oxidation sites excluding steroid dienone is 1. The molecule has 0 unspecified atom stereocenters. The Morgan fingerprint density at radius 3 is 2.64 bits per heavy atom. The maximum atomic E-state index is 13.5. The van der Waals surface area contributed by atoms with Crippen molar-refractivity contribution >= 4 is 23.5 Å². The molecule has 0 radical (unpaired) electrons. The van der Waals surface area contributed by atoms with Crippen LogP contribution in [0.25, 0.3) is 0 Å². The zero-order valence-corrected chi connectivity index (χ0v) is 13.5. The lowest BCUT2D eigenvalue weighted by molar-refractivity contribution is -0.140. The molecule has 7 nitrogen and oxygen atoms in total. The second-order valence-electron chi connectivity index (χ2n) is 5.03. The molecule has 132 valence electrons. The van der Waals surface area contributed by atoms with E-state index in [0.717, 1.165) is 4.68 Å². The van der Waals surface area contributed by atoms with Gasteiger partial charge in [-0.1, -0.05) is 28.8 Å². The number of anilines is 1. The monoisotopic (exact) mass is 373 g/mol. The molecular formula is C14H11ClF3N5O2. The number of halogens is 4. The van der Waals surface area contributed by atoms with Crippen LogP contribution in [0.2, 0.25) is 5.02 Å². The summed E-state index contributed by atoms with van der Waals surface area (Å²) in [5, 5.41) is 13.1. The molecule has 1 aromatic heterocycles. The molecule has 2 aromatic rings. The largest absolute Gasteiger partial charge is 0.463 e. The highest BCUT2D eigenvalue weighted by Crippen LogP contribution is 2.40. The third-order valence-electron chi connectivity index (χ3n) is 3.48. The minimum atomic E-state index is -4.83. The summed E-state index contributed by atoms with van der Waals surface area (Å²) in [7, 11) is 0. The lowest BCUT2D eigenvalue weighted by Gasteiger charge is -2.29. The molecule has 0 aliphatic carbocycles. The molecule has 11 heteroatoms. The fraction of sp³-hybridized carbons (Fsp3) is 0.286. The van der Waals surface area contributed by atoms with E-state index < -0.39 is 29.5 Å². The van der Waals surface area contributed by atoms with Crippen LogP contribution >= 0.6 is 11.6 Å². The normalized spacial score (nSPS) is 17.1. The number of ether oxygens (including phenoxy) is 1. The van der Waals surface area contributed by atoms with E-state index in [0.29, 0.717) is 10.6 Å². The van der Waals surface area contributed by atoms with Crippen LogP contribution in [0, 0.1) is 0 Å². The Labute approximate surface area is 144 Å². The molecule has 1 atom stereocenters. The quantitative estimate of drug-likeness (QED) is 0.833. The van der Waals surface area contributed by atoms with E-state index in [2.05, 4.69) is 20.8 Å². The average molecular weight is 374 g/mol. The molecule has 0 saturated carbocycles. The maximum absolute atomic E-state index is 13.5. The second kappa shape index (κ2) is 6.36. The fourth-order valence-corrected chi connectivity index (χ4v) is 2.61. The number of aromatic nitrogens is 4. The van der Waals surface area contributed by atoms with Crippen LogP contribution in [-0.4, -0.2) is 39.0 Å². The topological polar surface area (TPSA) is 81.9 Å². The summed E-state index contributed by atoms with van der Waals surface area (Å²) >= 11 is 5.84. The van der Waals surface area contributed by atoms with Gasteiger partial charge in [0.05, 0.1) is 12.2 Å². The number of tetrazole rings is 1. The van der Waals surface area contributed by atoms with Gasteiger partial charge >= 0.3 is 12.1 Å². The van der Waals surface area contributed by atoms with Gasteiger partial charge < -0.3 is 10.1 Å². The molecule has 1 aliphatic rings. The van der Waals surface area contributed by atoms with Gasteiger partial charge in [0, 0.05) is 5.02 Å². The zero-order valence-electron chi connectivity index (χ0n) is 12.7. The van der Waals surface area contributed by atoms with Gasteiger partial charge in [-0.2, -0.15) is 17.9 Å². The van der Waals surface area contributed by atoms with Crippen molar-refractivity contribution in [1.82, 2.24) is 20.2 Å². The number of alkyl halides is 3. The minimum absolute atomic E-state index is 0.0801. The standard InChI is InChI=1S/C14H11ClF3N5O2/c1-2-25-12(24)9-10(7-3-5-8(15)6-4-7)23-13(20-21-22-23)19-11(9)14(16,17)18/h3-6,10H,2H2,1H3,(H,19,20,22)/t10-/m1/s1. The minimum Gasteiger partial charge on any atom is -0.463 e. The smallest absolute Gasteiger partial charge is 0.431 e. The summed E-state index contributed by atoms with van der Waals surface area (Å²) in [5.41, 5.74) is -1.53. The first kappa shape index (κ1) is 17.2. The van der Waals surface area contributed by atoms with E-state index in [9.17, 15) is 18.0 Å². The number of fused-ring (bicyclic) bond motifs is 1. The van der Waals surface area contributed by atoms with Crippen LogP contribution in [0.15, 0.2) is 35.5 Å². The number of benzene rings is 1. The summed E-state index contributed by atoms with van der Waals surface area (Å²) in [6.07, 6.45) is -4.83. The highest BCUT2D eigenvalue weighted by Gasteiger charge is 2.46. The Morgan fingerprint density at radius 2 is 2.04 bits per heavy atom. The van der Waals surface area contributed by atoms with E-state index in [1.54, 1.807) is 0 Å². The zero-order chi connectivity index (χ0) is 18.2. The van der Waals surface area contributed by atoms with Gasteiger partial charge in [-0.05, 0) is 35.0 Å². The van der Waals surface area contributed by atoms with E-state index in [1.807, 2.05) is 0 Å². The van der Waals surface area contributed by atoms with E-state index >= 15 is 0 Å². The summed E-state index contributed by atoms with van der Waals surface area (Å²) in [6, 6.07) is 4.78. The Morgan fingerprint density at radius 1 is 1.36 bits per heavy atom. The lowest BCUT2D eigenvalue weighted by atomic mass is 9.95. The molecule has 1 aliphatic heterocycles. The molecule has 0 spiro atoms. The highest BCUT2D eigenvalue weighted by atomic mass is 35.5. The average Bonchev–Trinajstić information content (AvgIpc) is 3.01. The van der Waals surface area contributed by atoms with Crippen LogP contribution in [0.3, 0.4) is 0 Å². The SMILES string of the molecule is CCOC(=O)C1=C(C(F)(F)F)Nc2nnnn2[C@@H]1c1ccc(Cl)cc1. The molecule has 1 N–H and O–H groups in total. The number of carbonyl (C=O) groups is 1. The van der Waals surface area contributed by atoms with Crippen LogP contribution in [0.4, 0.5) is 19.1 Å². The van der Waals surface area contributed by atoms with Crippen molar-refractivity contribution in [1.29, 1.82) is 0 Å². The van der Waals surface area contributed by atoms with Crippen molar-refractivity contribution in [3.05, 3.63) is 46.1 Å². The first-order chi connectivity index (χ1) is 11.8. The van der Waals surface area contributed by atoms with E-state index in [4.69, 9.17) is 16.3 Å². The molecule has 0 amide bonds. The fourth-order valence-electron chi connectivity index (χ4n) is 2.49. The van der Waals surface area contributed by atoms with Crippen molar-refractivity contribution in [3.8, 4) is 0 Å². The number of carbonyl (C=O) groups excluding carboxylic acids is 1. The Bertz CT molecular complexity index is 832. The predicted molar refractivity (Wildman–Crippen MR) is 80.7 cm³/mol. The van der Waals surface area contributed by atoms with Crippen molar-refractivity contribution in [2.24, 2.45) is 0 Å². The molecule has 2 heterocycles. The van der Waals surface area contributed by atoms with E-state index in [1.165, 1.54) is 31.2 Å². The summed E-state index contributed by atoms with van der Waals surface area (Å²) < 4.78 is 46.5. The Kier molecular flexibility index (Phi) is 4.38. The third kappa shape index (κ3) is 3.16. The maximum Gasteiger partial charge on any atom is 0.431 e.